The van der Waals surface area contributed by atoms with E-state index in [9.17, 15) is 8.42 Å². The lowest BCUT2D eigenvalue weighted by atomic mass is 10.2. The average Bonchev–Trinajstić information content (AvgIpc) is 2.37. The molecule has 0 spiro atoms. The van der Waals surface area contributed by atoms with Crippen LogP contribution in [0.3, 0.4) is 0 Å². The zero-order valence-corrected chi connectivity index (χ0v) is 11.4. The van der Waals surface area contributed by atoms with Gasteiger partial charge in [0.15, 0.2) is 9.84 Å². The molecule has 0 fully saturated rings. The largest absolute Gasteiger partial charge is 0.492 e. The van der Waals surface area contributed by atoms with Crippen molar-refractivity contribution in [3.05, 3.63) is 29.8 Å². The summed E-state index contributed by atoms with van der Waals surface area (Å²) in [5.74, 6) is 0.520. The Balaban J connectivity index is 2.54. The summed E-state index contributed by atoms with van der Waals surface area (Å²) >= 11 is 0. The maximum atomic E-state index is 11.7. The molecule has 18 heavy (non-hydrogen) atoms. The molecule has 1 aromatic rings. The zero-order chi connectivity index (χ0) is 13.6. The number of ether oxygens (including phenoxy) is 1. The molecule has 0 saturated carbocycles. The number of hydrogen-bond donors (Lipinski definition) is 0. The molecule has 0 aliphatic rings. The predicted molar refractivity (Wildman–Crippen MR) is 70.2 cm³/mol. The number of nitriles is 1. The first-order valence-corrected chi connectivity index (χ1v) is 7.55. The average molecular weight is 267 g/mol. The first-order chi connectivity index (χ1) is 8.49. The molecule has 0 aliphatic carbocycles. The van der Waals surface area contributed by atoms with Gasteiger partial charge in [0.05, 0.1) is 22.6 Å². The van der Waals surface area contributed by atoms with E-state index in [4.69, 9.17) is 10.00 Å². The number of sulfone groups is 1. The zero-order valence-electron chi connectivity index (χ0n) is 10.6. The van der Waals surface area contributed by atoms with Gasteiger partial charge in [-0.25, -0.2) is 8.42 Å². The minimum Gasteiger partial charge on any atom is -0.492 e. The molecule has 0 heterocycles. The summed E-state index contributed by atoms with van der Waals surface area (Å²) in [4.78, 5) is 0. The van der Waals surface area contributed by atoms with Crippen LogP contribution < -0.4 is 4.74 Å². The van der Waals surface area contributed by atoms with E-state index in [1.807, 2.05) is 13.0 Å². The Morgan fingerprint density at radius 1 is 1.44 bits per heavy atom. The first-order valence-electron chi connectivity index (χ1n) is 5.84. The third-order valence-corrected chi connectivity index (χ3v) is 5.08. The van der Waals surface area contributed by atoms with Gasteiger partial charge in [-0.1, -0.05) is 13.0 Å². The summed E-state index contributed by atoms with van der Waals surface area (Å²) in [6.45, 7) is 3.66. The van der Waals surface area contributed by atoms with Crippen molar-refractivity contribution in [1.82, 2.24) is 0 Å². The molecular formula is C13H17NO3S. The van der Waals surface area contributed by atoms with Gasteiger partial charge in [0.1, 0.15) is 12.4 Å². The smallest absolute Gasteiger partial charge is 0.156 e. The van der Waals surface area contributed by atoms with E-state index in [2.05, 4.69) is 0 Å². The van der Waals surface area contributed by atoms with E-state index in [0.29, 0.717) is 17.7 Å². The van der Waals surface area contributed by atoms with Gasteiger partial charge in [0.25, 0.3) is 0 Å². The Morgan fingerprint density at radius 3 is 2.78 bits per heavy atom. The summed E-state index contributed by atoms with van der Waals surface area (Å²) in [5, 5.41) is 8.38. The van der Waals surface area contributed by atoms with Crippen molar-refractivity contribution < 1.29 is 13.2 Å². The fourth-order valence-electron chi connectivity index (χ4n) is 1.39. The van der Waals surface area contributed by atoms with Gasteiger partial charge in [-0.2, -0.15) is 5.26 Å². The van der Waals surface area contributed by atoms with Crippen LogP contribution in [-0.4, -0.2) is 26.0 Å². The summed E-state index contributed by atoms with van der Waals surface area (Å²) < 4.78 is 28.8. The lowest BCUT2D eigenvalue weighted by molar-refractivity contribution is 0.340. The van der Waals surface area contributed by atoms with Crippen LogP contribution >= 0.6 is 0 Å². The van der Waals surface area contributed by atoms with Crippen molar-refractivity contribution in [2.45, 2.75) is 25.5 Å². The highest BCUT2D eigenvalue weighted by atomic mass is 32.2. The molecule has 1 unspecified atom stereocenters. The molecule has 5 heteroatoms. The fraction of sp³-hybridized carbons (Fsp3) is 0.462. The maximum Gasteiger partial charge on any atom is 0.156 e. The van der Waals surface area contributed by atoms with Crippen LogP contribution in [0.2, 0.25) is 0 Å². The van der Waals surface area contributed by atoms with Gasteiger partial charge in [0, 0.05) is 0 Å². The van der Waals surface area contributed by atoms with Crippen molar-refractivity contribution in [2.75, 3.05) is 12.4 Å². The lowest BCUT2D eigenvalue weighted by Crippen LogP contribution is -2.23. The van der Waals surface area contributed by atoms with Crippen LogP contribution in [0, 0.1) is 11.3 Å². The second-order valence-electron chi connectivity index (χ2n) is 4.07. The predicted octanol–water partition coefficient (Wildman–Crippen LogP) is 2.15. The van der Waals surface area contributed by atoms with Crippen molar-refractivity contribution in [1.29, 1.82) is 5.26 Å². The van der Waals surface area contributed by atoms with Crippen molar-refractivity contribution in [3.63, 3.8) is 0 Å². The molecule has 98 valence electrons. The Bertz CT molecular complexity index is 531. The topological polar surface area (TPSA) is 67.2 Å². The van der Waals surface area contributed by atoms with Crippen LogP contribution in [0.4, 0.5) is 0 Å². The molecule has 0 radical (unpaired) electrons. The molecule has 0 aliphatic heterocycles. The Morgan fingerprint density at radius 2 is 2.17 bits per heavy atom. The first kappa shape index (κ1) is 14.5. The van der Waals surface area contributed by atoms with E-state index in [0.717, 1.165) is 0 Å². The third-order valence-electron chi connectivity index (χ3n) is 2.79. The molecular weight excluding hydrogens is 250 g/mol. The number of nitrogens with zero attached hydrogens (tertiary/aromatic N) is 1. The fourth-order valence-corrected chi connectivity index (χ4v) is 2.61. The molecule has 1 atom stereocenters. The summed E-state index contributed by atoms with van der Waals surface area (Å²) in [5.41, 5.74) is 0.497. The molecule has 1 rings (SSSR count). The Labute approximate surface area is 108 Å². The highest BCUT2D eigenvalue weighted by Gasteiger charge is 2.18. The number of rotatable bonds is 6. The summed E-state index contributed by atoms with van der Waals surface area (Å²) in [6, 6.07) is 8.68. The van der Waals surface area contributed by atoms with Gasteiger partial charge in [-0.05, 0) is 31.5 Å². The van der Waals surface area contributed by atoms with E-state index in [1.165, 1.54) is 0 Å². The molecule has 4 nitrogen and oxygen atoms in total. The van der Waals surface area contributed by atoms with Gasteiger partial charge in [-0.3, -0.25) is 0 Å². The second-order valence-corrected chi connectivity index (χ2v) is 6.61. The molecule has 0 saturated heterocycles. The van der Waals surface area contributed by atoms with Crippen molar-refractivity contribution >= 4 is 9.84 Å². The number of hydrogen-bond acceptors (Lipinski definition) is 4. The highest BCUT2D eigenvalue weighted by Crippen LogP contribution is 2.13. The maximum absolute atomic E-state index is 11.7. The minimum atomic E-state index is -3.09. The minimum absolute atomic E-state index is 0.00120. The molecule has 1 aromatic carbocycles. The quantitative estimate of drug-likeness (QED) is 0.792. The lowest BCUT2D eigenvalue weighted by Gasteiger charge is -2.11. The van der Waals surface area contributed by atoms with E-state index < -0.39 is 9.84 Å². The Hall–Kier alpha value is -1.54. The summed E-state index contributed by atoms with van der Waals surface area (Å²) in [6.07, 6.45) is 0.603. The van der Waals surface area contributed by atoms with Gasteiger partial charge < -0.3 is 4.74 Å². The van der Waals surface area contributed by atoms with Crippen molar-refractivity contribution in [3.8, 4) is 11.8 Å². The molecule has 0 amide bonds. The standard InChI is InChI=1S/C13H17NO3S/c1-3-11(2)18(15,16)8-7-17-13-6-4-5-12(9-13)10-14/h4-6,9,11H,3,7-8H2,1-2H3. The van der Waals surface area contributed by atoms with Crippen LogP contribution in [0.15, 0.2) is 24.3 Å². The van der Waals surface area contributed by atoms with Crippen LogP contribution in [0.25, 0.3) is 0 Å². The van der Waals surface area contributed by atoms with E-state index in [1.54, 1.807) is 31.2 Å². The SMILES string of the molecule is CCC(C)S(=O)(=O)CCOc1cccc(C#N)c1. The molecule has 0 bridgehead atoms. The Kier molecular flexibility index (Phi) is 5.17. The molecule has 0 N–H and O–H groups in total. The summed E-state index contributed by atoms with van der Waals surface area (Å²) in [7, 11) is -3.09. The van der Waals surface area contributed by atoms with Crippen LogP contribution in [-0.2, 0) is 9.84 Å². The molecule has 0 aromatic heterocycles. The van der Waals surface area contributed by atoms with Gasteiger partial charge in [-0.15, -0.1) is 0 Å². The van der Waals surface area contributed by atoms with Gasteiger partial charge in [0.2, 0.25) is 0 Å². The normalized spacial score (nSPS) is 12.7. The van der Waals surface area contributed by atoms with Gasteiger partial charge >= 0.3 is 0 Å². The van der Waals surface area contributed by atoms with Crippen LogP contribution in [0.1, 0.15) is 25.8 Å². The van der Waals surface area contributed by atoms with E-state index >= 15 is 0 Å². The van der Waals surface area contributed by atoms with Crippen LogP contribution in [0.5, 0.6) is 5.75 Å². The second kappa shape index (κ2) is 6.41. The van der Waals surface area contributed by atoms with Crippen molar-refractivity contribution in [2.24, 2.45) is 0 Å². The number of benzene rings is 1. The third kappa shape index (κ3) is 4.04. The monoisotopic (exact) mass is 267 g/mol. The van der Waals surface area contributed by atoms with E-state index in [-0.39, 0.29) is 17.6 Å². The highest BCUT2D eigenvalue weighted by molar-refractivity contribution is 7.92.